The molecule has 3 unspecified atom stereocenters. The van der Waals surface area contributed by atoms with Gasteiger partial charge in [-0.05, 0) is 96.7 Å². The van der Waals surface area contributed by atoms with E-state index in [4.69, 9.17) is 16.0 Å². The highest BCUT2D eigenvalue weighted by Gasteiger charge is 2.67. The summed E-state index contributed by atoms with van der Waals surface area (Å²) in [5.74, 6) is 2.07. The Hall–Kier alpha value is -2.31. The zero-order chi connectivity index (χ0) is 32.5. The molecule has 1 amide bonds. The monoisotopic (exact) mass is 655 g/mol. The maximum absolute atomic E-state index is 13.9. The van der Waals surface area contributed by atoms with E-state index >= 15 is 0 Å². The number of primary sulfonamides is 1. The molecule has 12 heteroatoms. The number of fused-ring (bicyclic) bond motifs is 8. The molecule has 0 bridgehead atoms. The van der Waals surface area contributed by atoms with Gasteiger partial charge in [0.25, 0.3) is 10.0 Å². The number of rotatable bonds is 3. The SMILES string of the molecule is CC1(C)CC2C3=CCC4[C@@]5(C)Cc6c(n[nH]c6N)C(C)(C)C5CC[C@@]4(C)[C@]3(C)CC[C@@H]2[C@H](C(=O)Nc2nnc(S(N)(=O)=O)s2)C1. The lowest BCUT2D eigenvalue weighted by Gasteiger charge is -2.70. The quantitative estimate of drug-likeness (QED) is 0.239. The molecule has 246 valence electrons. The van der Waals surface area contributed by atoms with Crippen molar-refractivity contribution in [2.45, 2.75) is 110 Å². The lowest BCUT2D eigenvalue weighted by atomic mass is 9.34. The highest BCUT2D eigenvalue weighted by molar-refractivity contribution is 7.91. The molecule has 0 aromatic carbocycles. The number of amides is 1. The van der Waals surface area contributed by atoms with Gasteiger partial charge in [0, 0.05) is 16.9 Å². The van der Waals surface area contributed by atoms with Crippen LogP contribution in [0.5, 0.6) is 0 Å². The van der Waals surface area contributed by atoms with Crippen molar-refractivity contribution < 1.29 is 13.2 Å². The van der Waals surface area contributed by atoms with Crippen molar-refractivity contribution in [1.29, 1.82) is 0 Å². The average molecular weight is 656 g/mol. The summed E-state index contributed by atoms with van der Waals surface area (Å²) in [6, 6.07) is 0. The van der Waals surface area contributed by atoms with Crippen LogP contribution in [0.15, 0.2) is 16.0 Å². The summed E-state index contributed by atoms with van der Waals surface area (Å²) in [5, 5.41) is 23.7. The lowest BCUT2D eigenvalue weighted by molar-refractivity contribution is -0.156. The maximum atomic E-state index is 13.9. The number of nitrogen functional groups attached to an aromatic ring is 1. The van der Waals surface area contributed by atoms with Crippen LogP contribution in [-0.4, -0.2) is 34.7 Å². The highest BCUT2D eigenvalue weighted by atomic mass is 32.2. The van der Waals surface area contributed by atoms with Crippen LogP contribution < -0.4 is 16.2 Å². The molecule has 10 nitrogen and oxygen atoms in total. The Labute approximate surface area is 271 Å². The number of allylic oxidation sites excluding steroid dienone is 2. The summed E-state index contributed by atoms with van der Waals surface area (Å²) >= 11 is 0.804. The van der Waals surface area contributed by atoms with Crippen LogP contribution in [0, 0.1) is 51.2 Å². The van der Waals surface area contributed by atoms with E-state index in [-0.39, 0.29) is 54.3 Å². The van der Waals surface area contributed by atoms with Gasteiger partial charge in [-0.1, -0.05) is 71.5 Å². The first-order valence-electron chi connectivity index (χ1n) is 16.5. The third kappa shape index (κ3) is 4.36. The smallest absolute Gasteiger partial charge is 0.267 e. The molecule has 2 heterocycles. The number of nitrogens with two attached hydrogens (primary N) is 2. The molecule has 8 atom stereocenters. The molecular weight excluding hydrogens is 607 g/mol. The van der Waals surface area contributed by atoms with Crippen molar-refractivity contribution in [2.75, 3.05) is 11.1 Å². The molecule has 0 aliphatic heterocycles. The van der Waals surface area contributed by atoms with Crippen LogP contribution in [0.3, 0.4) is 0 Å². The zero-order valence-corrected chi connectivity index (χ0v) is 29.3. The van der Waals surface area contributed by atoms with Gasteiger partial charge in [-0.25, -0.2) is 13.6 Å². The molecule has 3 saturated carbocycles. The van der Waals surface area contributed by atoms with Gasteiger partial charge in [0.15, 0.2) is 0 Å². The van der Waals surface area contributed by atoms with Crippen molar-refractivity contribution in [3.05, 3.63) is 22.9 Å². The fraction of sp³-hybridized carbons (Fsp3) is 0.758. The number of aromatic amines is 1. The Bertz CT molecular complexity index is 1710. The Morgan fingerprint density at radius 1 is 1.04 bits per heavy atom. The molecule has 5 aliphatic carbocycles. The van der Waals surface area contributed by atoms with E-state index in [2.05, 4.69) is 75.2 Å². The predicted molar refractivity (Wildman–Crippen MR) is 176 cm³/mol. The van der Waals surface area contributed by atoms with Gasteiger partial charge in [0.1, 0.15) is 5.82 Å². The molecule has 6 N–H and O–H groups in total. The molecule has 2 aromatic rings. The number of H-pyrrole nitrogens is 1. The minimum atomic E-state index is -3.97. The Morgan fingerprint density at radius 2 is 1.78 bits per heavy atom. The molecule has 2 aromatic heterocycles. The number of nitrogens with one attached hydrogen (secondary N) is 2. The van der Waals surface area contributed by atoms with E-state index in [0.717, 1.165) is 61.4 Å². The minimum absolute atomic E-state index is 0.0147. The number of hydrogen-bond donors (Lipinski definition) is 4. The van der Waals surface area contributed by atoms with Gasteiger partial charge >= 0.3 is 0 Å². The van der Waals surface area contributed by atoms with Gasteiger partial charge in [-0.3, -0.25) is 9.89 Å². The topological polar surface area (TPSA) is 170 Å². The molecule has 0 saturated heterocycles. The molecule has 0 spiro atoms. The zero-order valence-electron chi connectivity index (χ0n) is 27.7. The van der Waals surface area contributed by atoms with E-state index in [0.29, 0.717) is 17.8 Å². The Morgan fingerprint density at radius 3 is 2.47 bits per heavy atom. The van der Waals surface area contributed by atoms with Gasteiger partial charge in [0.2, 0.25) is 15.4 Å². The molecule has 45 heavy (non-hydrogen) atoms. The van der Waals surface area contributed by atoms with Crippen LogP contribution in [0.2, 0.25) is 0 Å². The summed E-state index contributed by atoms with van der Waals surface area (Å²) in [6.45, 7) is 17.0. The largest absolute Gasteiger partial charge is 0.384 e. The number of aromatic nitrogens is 4. The summed E-state index contributed by atoms with van der Waals surface area (Å²) in [7, 11) is -3.97. The van der Waals surface area contributed by atoms with E-state index in [1.165, 1.54) is 18.4 Å². The molecule has 3 fully saturated rings. The summed E-state index contributed by atoms with van der Waals surface area (Å²) < 4.78 is 23.2. The second kappa shape index (κ2) is 9.62. The van der Waals surface area contributed by atoms with Crippen LogP contribution in [0.4, 0.5) is 10.9 Å². The lowest BCUT2D eigenvalue weighted by Crippen LogP contribution is -2.64. The van der Waals surface area contributed by atoms with Gasteiger partial charge in [-0.15, -0.1) is 10.2 Å². The minimum Gasteiger partial charge on any atom is -0.384 e. The predicted octanol–water partition coefficient (Wildman–Crippen LogP) is 5.80. The van der Waals surface area contributed by atoms with Gasteiger partial charge < -0.3 is 11.1 Å². The molecular formula is C33H49N7O3S2. The first-order chi connectivity index (χ1) is 20.8. The molecule has 0 radical (unpaired) electrons. The van der Waals surface area contributed by atoms with Crippen molar-refractivity contribution in [3.63, 3.8) is 0 Å². The summed E-state index contributed by atoms with van der Waals surface area (Å²) in [6.07, 6.45) is 10.9. The standard InChI is InChI=1S/C33H49N7O3S2/c1-29(2)14-18-17(19(15-29)26(41)36-27-39-40-28(44-27)45(35,42)43)10-12-32(6)21(18)8-9-23-31(5)16-20-24(37-38-25(20)34)30(3,4)22(31)11-13-33(23,32)7/h8,17-19,22-23H,9-16H2,1-7H3,(H3,34,37,38)(H2,35,42,43)(H,36,39,41)/t17-,18?,19+,22?,23?,31-,32+,33+/m0/s1. The Kier molecular flexibility index (Phi) is 6.69. The van der Waals surface area contributed by atoms with Crippen LogP contribution in [0.25, 0.3) is 0 Å². The molecule has 5 aliphatic rings. The normalized spacial score (nSPS) is 39.7. The number of nitrogens with zero attached hydrogens (tertiary/aromatic N) is 3. The number of anilines is 2. The van der Waals surface area contributed by atoms with Crippen molar-refractivity contribution >= 4 is 38.2 Å². The summed E-state index contributed by atoms with van der Waals surface area (Å²) in [5.41, 5.74) is 10.7. The Balaban J connectivity index is 1.22. The van der Waals surface area contributed by atoms with Crippen molar-refractivity contribution in [2.24, 2.45) is 56.4 Å². The van der Waals surface area contributed by atoms with E-state index in [1.807, 2.05) is 0 Å². The maximum Gasteiger partial charge on any atom is 0.267 e. The van der Waals surface area contributed by atoms with Crippen LogP contribution in [0.1, 0.15) is 105 Å². The average Bonchev–Trinajstić information content (AvgIpc) is 3.55. The van der Waals surface area contributed by atoms with E-state index in [1.54, 1.807) is 5.57 Å². The first-order valence-corrected chi connectivity index (χ1v) is 18.9. The fourth-order valence-electron chi connectivity index (χ4n) is 11.9. The fourth-order valence-corrected chi connectivity index (χ4v) is 13.2. The van der Waals surface area contributed by atoms with Crippen LogP contribution >= 0.6 is 11.3 Å². The van der Waals surface area contributed by atoms with E-state index < -0.39 is 10.0 Å². The number of carbonyl (C=O) groups is 1. The second-order valence-electron chi connectivity index (χ2n) is 17.1. The number of sulfonamides is 1. The number of hydrogen-bond acceptors (Lipinski definition) is 8. The highest BCUT2D eigenvalue weighted by Crippen LogP contribution is 2.74. The van der Waals surface area contributed by atoms with Gasteiger partial charge in [-0.2, -0.15) is 5.10 Å². The molecule has 7 rings (SSSR count). The van der Waals surface area contributed by atoms with E-state index in [9.17, 15) is 13.2 Å². The first kappa shape index (κ1) is 31.3. The number of carbonyl (C=O) groups excluding carboxylic acids is 1. The van der Waals surface area contributed by atoms with Crippen LogP contribution in [-0.2, 0) is 26.7 Å². The van der Waals surface area contributed by atoms with Gasteiger partial charge in [0.05, 0.1) is 5.69 Å². The third-order valence-corrected chi connectivity index (χ3v) is 16.0. The third-order valence-electron chi connectivity index (χ3n) is 13.9. The summed E-state index contributed by atoms with van der Waals surface area (Å²) in [4.78, 5) is 13.9. The van der Waals surface area contributed by atoms with Crippen molar-refractivity contribution in [3.8, 4) is 0 Å². The second-order valence-corrected chi connectivity index (χ2v) is 19.8. The van der Waals surface area contributed by atoms with Crippen molar-refractivity contribution in [1.82, 2.24) is 20.4 Å².